The van der Waals surface area contributed by atoms with Crippen LogP contribution in [0.4, 0.5) is 4.79 Å². The zero-order valence-corrected chi connectivity index (χ0v) is 18.1. The Morgan fingerprint density at radius 3 is 2.24 bits per heavy atom. The van der Waals surface area contributed by atoms with Crippen molar-refractivity contribution < 1.29 is 4.79 Å². The van der Waals surface area contributed by atoms with Crippen LogP contribution in [0.1, 0.15) is 56.9 Å². The van der Waals surface area contributed by atoms with Crippen molar-refractivity contribution >= 4 is 6.03 Å². The third-order valence-electron chi connectivity index (χ3n) is 8.27. The minimum atomic E-state index is -0.113. The lowest BCUT2D eigenvalue weighted by atomic mass is 9.68. The number of rotatable bonds is 6. The summed E-state index contributed by atoms with van der Waals surface area (Å²) < 4.78 is 0. The van der Waals surface area contributed by atoms with Gasteiger partial charge in [0.25, 0.3) is 0 Å². The summed E-state index contributed by atoms with van der Waals surface area (Å²) in [5.74, 6) is 0.721. The van der Waals surface area contributed by atoms with Crippen LogP contribution < -0.4 is 5.73 Å². The molecule has 1 spiro atoms. The van der Waals surface area contributed by atoms with Crippen molar-refractivity contribution in [3.63, 3.8) is 0 Å². The molecule has 4 fully saturated rings. The molecule has 2 N–H and O–H groups in total. The van der Waals surface area contributed by atoms with E-state index in [4.69, 9.17) is 5.73 Å². The van der Waals surface area contributed by atoms with Gasteiger partial charge < -0.3 is 15.5 Å². The standard InChI is InChI=1S/C24H36N4O/c1-26(2)24(20-6-4-3-5-7-20)14-12-23(13-15-24)18-27(17-22(25)10-11-22)21(29)28(23)16-19-8-9-19/h3-7,19H,8-18,25H2,1-2H3/t23-,24+. The third kappa shape index (κ3) is 3.36. The molecule has 0 aromatic heterocycles. The van der Waals surface area contributed by atoms with Gasteiger partial charge in [0.15, 0.2) is 0 Å². The molecule has 5 heteroatoms. The second-order valence-electron chi connectivity index (χ2n) is 10.6. The van der Waals surface area contributed by atoms with Crippen LogP contribution in [-0.2, 0) is 5.54 Å². The van der Waals surface area contributed by atoms with E-state index < -0.39 is 0 Å². The number of nitrogens with two attached hydrogens (primary N) is 1. The minimum Gasteiger partial charge on any atom is -0.324 e. The van der Waals surface area contributed by atoms with E-state index in [9.17, 15) is 4.79 Å². The summed E-state index contributed by atoms with van der Waals surface area (Å²) in [6.07, 6.45) is 9.03. The van der Waals surface area contributed by atoms with Gasteiger partial charge in [0.2, 0.25) is 0 Å². The lowest BCUT2D eigenvalue weighted by Gasteiger charge is -2.51. The molecule has 0 unspecified atom stereocenters. The molecule has 2 amide bonds. The second-order valence-corrected chi connectivity index (χ2v) is 10.6. The Hall–Kier alpha value is -1.59. The average molecular weight is 397 g/mol. The Morgan fingerprint density at radius 2 is 1.69 bits per heavy atom. The maximum atomic E-state index is 13.4. The van der Waals surface area contributed by atoms with Crippen molar-refractivity contribution in [3.8, 4) is 0 Å². The number of carbonyl (C=O) groups is 1. The van der Waals surface area contributed by atoms with E-state index in [0.717, 1.165) is 64.1 Å². The zero-order valence-electron chi connectivity index (χ0n) is 18.1. The fraction of sp³-hybridized carbons (Fsp3) is 0.708. The second kappa shape index (κ2) is 6.71. The monoisotopic (exact) mass is 396 g/mol. The molecule has 1 aromatic carbocycles. The van der Waals surface area contributed by atoms with Crippen LogP contribution in [0.3, 0.4) is 0 Å². The summed E-state index contributed by atoms with van der Waals surface area (Å²) in [7, 11) is 4.43. The van der Waals surface area contributed by atoms with Crippen LogP contribution in [0.25, 0.3) is 0 Å². The maximum absolute atomic E-state index is 13.4. The molecule has 0 bridgehead atoms. The van der Waals surface area contributed by atoms with Crippen molar-refractivity contribution in [2.45, 2.75) is 68.0 Å². The van der Waals surface area contributed by atoms with Gasteiger partial charge in [0.1, 0.15) is 0 Å². The summed E-state index contributed by atoms with van der Waals surface area (Å²) in [5, 5.41) is 0. The first-order chi connectivity index (χ1) is 13.9. The van der Waals surface area contributed by atoms with E-state index in [-0.39, 0.29) is 22.6 Å². The van der Waals surface area contributed by atoms with Crippen molar-refractivity contribution in [3.05, 3.63) is 35.9 Å². The SMILES string of the molecule is CN(C)[C@]1(c2ccccc2)CC[C@]2(CC1)CN(CC1(N)CC1)C(=O)N2CC1CC1. The quantitative estimate of drug-likeness (QED) is 0.802. The van der Waals surface area contributed by atoms with Crippen LogP contribution in [-0.4, -0.2) is 65.5 Å². The molecule has 1 saturated heterocycles. The molecule has 4 aliphatic rings. The smallest absolute Gasteiger partial charge is 0.320 e. The number of carbonyl (C=O) groups excluding carboxylic acids is 1. The van der Waals surface area contributed by atoms with E-state index in [0.29, 0.717) is 0 Å². The summed E-state index contributed by atoms with van der Waals surface area (Å²) in [5.41, 5.74) is 7.77. The predicted octanol–water partition coefficient (Wildman–Crippen LogP) is 3.40. The predicted molar refractivity (Wildman–Crippen MR) is 116 cm³/mol. The fourth-order valence-electron chi connectivity index (χ4n) is 5.83. The van der Waals surface area contributed by atoms with Crippen LogP contribution in [0.15, 0.2) is 30.3 Å². The van der Waals surface area contributed by atoms with Gasteiger partial charge in [0.05, 0.1) is 5.54 Å². The first kappa shape index (κ1) is 19.4. The summed E-state index contributed by atoms with van der Waals surface area (Å²) in [6.45, 7) is 2.56. The van der Waals surface area contributed by atoms with Gasteiger partial charge in [-0.2, -0.15) is 0 Å². The minimum absolute atomic E-state index is 0.000780. The summed E-state index contributed by atoms with van der Waals surface area (Å²) >= 11 is 0. The Morgan fingerprint density at radius 1 is 1.03 bits per heavy atom. The van der Waals surface area contributed by atoms with Crippen LogP contribution in [0.2, 0.25) is 0 Å². The number of benzene rings is 1. The molecule has 0 radical (unpaired) electrons. The summed E-state index contributed by atoms with van der Waals surface area (Å²) in [6, 6.07) is 11.2. The van der Waals surface area contributed by atoms with Crippen molar-refractivity contribution in [1.82, 2.24) is 14.7 Å². The first-order valence-corrected chi connectivity index (χ1v) is 11.4. The first-order valence-electron chi connectivity index (χ1n) is 11.4. The van der Waals surface area contributed by atoms with Gasteiger partial charge >= 0.3 is 6.03 Å². The van der Waals surface area contributed by atoms with Crippen molar-refractivity contribution in [1.29, 1.82) is 0 Å². The van der Waals surface area contributed by atoms with Crippen LogP contribution in [0, 0.1) is 5.92 Å². The highest BCUT2D eigenvalue weighted by atomic mass is 16.2. The molecule has 3 aliphatic carbocycles. The Bertz CT molecular complexity index is 760. The van der Waals surface area contributed by atoms with E-state index in [1.54, 1.807) is 0 Å². The highest BCUT2D eigenvalue weighted by molar-refractivity contribution is 5.78. The number of hydrogen-bond donors (Lipinski definition) is 1. The largest absolute Gasteiger partial charge is 0.324 e. The van der Waals surface area contributed by atoms with Crippen molar-refractivity contribution in [2.75, 3.05) is 33.7 Å². The Balaban J connectivity index is 1.39. The topological polar surface area (TPSA) is 52.8 Å². The highest BCUT2D eigenvalue weighted by Gasteiger charge is 2.56. The molecule has 5 rings (SSSR count). The van der Waals surface area contributed by atoms with Gasteiger partial charge in [0, 0.05) is 30.7 Å². The van der Waals surface area contributed by atoms with Gasteiger partial charge in [-0.3, -0.25) is 4.90 Å². The Labute approximate surface area is 175 Å². The molecular weight excluding hydrogens is 360 g/mol. The molecule has 1 aliphatic heterocycles. The molecule has 29 heavy (non-hydrogen) atoms. The maximum Gasteiger partial charge on any atom is 0.320 e. The molecule has 158 valence electrons. The molecule has 5 nitrogen and oxygen atoms in total. The molecule has 1 aromatic rings. The van der Waals surface area contributed by atoms with Crippen LogP contribution >= 0.6 is 0 Å². The van der Waals surface area contributed by atoms with Gasteiger partial charge in [-0.05, 0) is 76.9 Å². The normalized spacial score (nSPS) is 33.7. The molecule has 1 heterocycles. The Kier molecular flexibility index (Phi) is 4.48. The number of nitrogens with zero attached hydrogens (tertiary/aromatic N) is 3. The van der Waals surface area contributed by atoms with Crippen molar-refractivity contribution in [2.24, 2.45) is 11.7 Å². The molecular formula is C24H36N4O. The van der Waals surface area contributed by atoms with E-state index in [2.05, 4.69) is 59.1 Å². The average Bonchev–Trinajstić information content (AvgIpc) is 3.64. The van der Waals surface area contributed by atoms with E-state index >= 15 is 0 Å². The molecule has 0 atom stereocenters. The van der Waals surface area contributed by atoms with Crippen LogP contribution in [0.5, 0.6) is 0 Å². The fourth-order valence-corrected chi connectivity index (χ4v) is 5.83. The zero-order chi connectivity index (χ0) is 20.3. The number of hydrogen-bond acceptors (Lipinski definition) is 3. The van der Waals surface area contributed by atoms with Gasteiger partial charge in [-0.1, -0.05) is 30.3 Å². The number of urea groups is 1. The van der Waals surface area contributed by atoms with E-state index in [1.165, 1.54) is 18.4 Å². The lowest BCUT2D eigenvalue weighted by Crippen LogP contribution is -2.55. The lowest BCUT2D eigenvalue weighted by molar-refractivity contribution is 0.0232. The third-order valence-corrected chi connectivity index (χ3v) is 8.27. The van der Waals surface area contributed by atoms with Gasteiger partial charge in [-0.25, -0.2) is 4.79 Å². The number of amides is 2. The molecule has 3 saturated carbocycles. The van der Waals surface area contributed by atoms with E-state index in [1.807, 2.05) is 0 Å². The van der Waals surface area contributed by atoms with Gasteiger partial charge in [-0.15, -0.1) is 0 Å². The summed E-state index contributed by atoms with van der Waals surface area (Å²) in [4.78, 5) is 20.2. The highest BCUT2D eigenvalue weighted by Crippen LogP contribution is 2.50.